The van der Waals surface area contributed by atoms with Crippen molar-refractivity contribution in [1.82, 2.24) is 0 Å². The van der Waals surface area contributed by atoms with E-state index in [4.69, 9.17) is 0 Å². The molecule has 0 saturated heterocycles. The van der Waals surface area contributed by atoms with Gasteiger partial charge in [0.25, 0.3) is 5.91 Å². The molecule has 2 aromatic rings. The maximum Gasteiger partial charge on any atom is 0.416 e. The van der Waals surface area contributed by atoms with E-state index in [0.29, 0.717) is 11.7 Å². The number of carbonyl (C=O) groups is 2. The van der Waals surface area contributed by atoms with Crippen LogP contribution in [0.25, 0.3) is 0 Å². The molecule has 156 valence electrons. The minimum atomic E-state index is -4.48. The maximum absolute atomic E-state index is 12.5. The Kier molecular flexibility index (Phi) is 7.82. The summed E-state index contributed by atoms with van der Waals surface area (Å²) in [5.74, 6) is 0.0336. The largest absolute Gasteiger partial charge is 0.507 e. The third-order valence-electron chi connectivity index (χ3n) is 4.66. The number of amides is 1. The number of alkyl halides is 3. The van der Waals surface area contributed by atoms with Crippen molar-refractivity contribution < 1.29 is 27.9 Å². The number of aromatic hydroxyl groups is 1. The zero-order chi connectivity index (χ0) is 21.4. The van der Waals surface area contributed by atoms with E-state index in [1.807, 2.05) is 0 Å². The lowest BCUT2D eigenvalue weighted by Crippen LogP contribution is -2.13. The molecule has 1 aliphatic rings. The fraction of sp³-hybridized carbons (Fsp3) is 0.364. The molecule has 7 heteroatoms. The highest BCUT2D eigenvalue weighted by atomic mass is 19.4. The number of para-hydroxylation sites is 1. The Hall–Kier alpha value is -2.83. The predicted octanol–water partition coefficient (Wildman–Crippen LogP) is 5.82. The molecule has 1 unspecified atom stereocenters. The number of hydrogen-bond acceptors (Lipinski definition) is 3. The predicted molar refractivity (Wildman–Crippen MR) is 105 cm³/mol. The zero-order valence-corrected chi connectivity index (χ0v) is 16.1. The summed E-state index contributed by atoms with van der Waals surface area (Å²) in [6, 6.07) is 10.1. The summed E-state index contributed by atoms with van der Waals surface area (Å²) in [7, 11) is 0. The van der Waals surface area contributed by atoms with Crippen molar-refractivity contribution in [2.45, 2.75) is 45.2 Å². The highest BCUT2D eigenvalue weighted by Crippen LogP contribution is 2.31. The number of rotatable bonds is 4. The summed E-state index contributed by atoms with van der Waals surface area (Å²) in [4.78, 5) is 22.8. The number of phenols is 1. The number of hydrogen-bond donors (Lipinski definition) is 2. The minimum Gasteiger partial charge on any atom is -0.507 e. The molecule has 0 bridgehead atoms. The molecule has 0 radical (unpaired) electrons. The Labute approximate surface area is 167 Å². The SMILES string of the molecule is CCCC1CCCC1=O.O=C(Nc1cccc(C(F)(F)F)c1)c1ccccc1O. The van der Waals surface area contributed by atoms with Gasteiger partial charge in [-0.2, -0.15) is 13.2 Å². The van der Waals surface area contributed by atoms with Gasteiger partial charge in [0, 0.05) is 18.0 Å². The molecule has 1 amide bonds. The Morgan fingerprint density at radius 1 is 1.17 bits per heavy atom. The number of Topliss-reactive ketones (excluding diaryl/α,β-unsaturated/α-hetero) is 1. The Bertz CT molecular complexity index is 849. The maximum atomic E-state index is 12.5. The quantitative estimate of drug-likeness (QED) is 0.671. The van der Waals surface area contributed by atoms with Crippen molar-refractivity contribution >= 4 is 17.4 Å². The van der Waals surface area contributed by atoms with Crippen LogP contribution < -0.4 is 5.32 Å². The van der Waals surface area contributed by atoms with Gasteiger partial charge >= 0.3 is 6.18 Å². The number of ketones is 1. The van der Waals surface area contributed by atoms with Crippen LogP contribution in [0.5, 0.6) is 5.75 Å². The van der Waals surface area contributed by atoms with Crippen LogP contribution in [0, 0.1) is 5.92 Å². The fourth-order valence-electron chi connectivity index (χ4n) is 3.18. The summed E-state index contributed by atoms with van der Waals surface area (Å²) in [5.41, 5.74) is -0.856. The van der Waals surface area contributed by atoms with Crippen LogP contribution >= 0.6 is 0 Å². The molecular weight excluding hydrogens is 383 g/mol. The lowest BCUT2D eigenvalue weighted by molar-refractivity contribution is -0.137. The third-order valence-corrected chi connectivity index (χ3v) is 4.66. The summed E-state index contributed by atoms with van der Waals surface area (Å²) in [5, 5.41) is 11.8. The highest BCUT2D eigenvalue weighted by Gasteiger charge is 2.30. The summed E-state index contributed by atoms with van der Waals surface area (Å²) in [6.45, 7) is 2.14. The van der Waals surface area contributed by atoms with E-state index in [1.54, 1.807) is 6.07 Å². The van der Waals surface area contributed by atoms with E-state index in [2.05, 4.69) is 12.2 Å². The topological polar surface area (TPSA) is 66.4 Å². The highest BCUT2D eigenvalue weighted by molar-refractivity contribution is 6.06. The fourth-order valence-corrected chi connectivity index (χ4v) is 3.18. The second-order valence-corrected chi connectivity index (χ2v) is 6.89. The molecule has 0 spiro atoms. The van der Waals surface area contributed by atoms with Gasteiger partial charge in [-0.1, -0.05) is 31.5 Å². The van der Waals surface area contributed by atoms with Gasteiger partial charge < -0.3 is 10.4 Å². The van der Waals surface area contributed by atoms with Crippen LogP contribution in [-0.2, 0) is 11.0 Å². The van der Waals surface area contributed by atoms with Gasteiger partial charge in [-0.25, -0.2) is 0 Å². The second-order valence-electron chi connectivity index (χ2n) is 6.89. The molecule has 2 aromatic carbocycles. The van der Waals surface area contributed by atoms with Crippen molar-refractivity contribution in [3.63, 3.8) is 0 Å². The number of anilines is 1. The third kappa shape index (κ3) is 6.62. The first-order valence-corrected chi connectivity index (χ1v) is 9.51. The minimum absolute atomic E-state index is 0.00748. The standard InChI is InChI=1S/C14H10F3NO2.C8H14O/c15-14(16,17)9-4-3-5-10(8-9)18-13(20)11-6-1-2-7-12(11)19;1-2-4-7-5-3-6-8(7)9/h1-8,19H,(H,18,20);7H,2-6H2,1H3. The van der Waals surface area contributed by atoms with E-state index in [1.165, 1.54) is 30.3 Å². The molecular formula is C22H24F3NO3. The van der Waals surface area contributed by atoms with Gasteiger partial charge in [0.1, 0.15) is 11.5 Å². The first kappa shape index (κ1) is 22.5. The van der Waals surface area contributed by atoms with Crippen molar-refractivity contribution in [3.8, 4) is 5.75 Å². The average molecular weight is 407 g/mol. The van der Waals surface area contributed by atoms with Gasteiger partial charge in [-0.05, 0) is 49.6 Å². The zero-order valence-electron chi connectivity index (χ0n) is 16.1. The smallest absolute Gasteiger partial charge is 0.416 e. The molecule has 2 N–H and O–H groups in total. The molecule has 0 aliphatic heterocycles. The average Bonchev–Trinajstić information content (AvgIpc) is 3.07. The number of carbonyl (C=O) groups excluding carboxylic acids is 2. The van der Waals surface area contributed by atoms with Crippen LogP contribution in [0.15, 0.2) is 48.5 Å². The van der Waals surface area contributed by atoms with E-state index < -0.39 is 17.6 Å². The van der Waals surface area contributed by atoms with Crippen LogP contribution in [0.2, 0.25) is 0 Å². The summed E-state index contributed by atoms with van der Waals surface area (Å²) in [6.07, 6.45) is 0.964. The van der Waals surface area contributed by atoms with Gasteiger partial charge in [0.05, 0.1) is 11.1 Å². The lowest BCUT2D eigenvalue weighted by Gasteiger charge is -2.10. The number of phenolic OH excluding ortho intramolecular Hbond substituents is 1. The van der Waals surface area contributed by atoms with Gasteiger partial charge in [-0.15, -0.1) is 0 Å². The summed E-state index contributed by atoms with van der Waals surface area (Å²) < 4.78 is 37.6. The molecule has 29 heavy (non-hydrogen) atoms. The Morgan fingerprint density at radius 3 is 2.48 bits per heavy atom. The van der Waals surface area contributed by atoms with Gasteiger partial charge in [0.2, 0.25) is 0 Å². The van der Waals surface area contributed by atoms with Crippen molar-refractivity contribution in [2.75, 3.05) is 5.32 Å². The number of benzene rings is 2. The molecule has 1 atom stereocenters. The molecule has 4 nitrogen and oxygen atoms in total. The van der Waals surface area contributed by atoms with Crippen molar-refractivity contribution in [3.05, 3.63) is 59.7 Å². The van der Waals surface area contributed by atoms with Gasteiger partial charge in [0.15, 0.2) is 0 Å². The van der Waals surface area contributed by atoms with Crippen molar-refractivity contribution in [2.24, 2.45) is 5.92 Å². The van der Waals surface area contributed by atoms with Crippen LogP contribution in [0.3, 0.4) is 0 Å². The van der Waals surface area contributed by atoms with E-state index in [9.17, 15) is 27.9 Å². The first-order chi connectivity index (χ1) is 13.7. The summed E-state index contributed by atoms with van der Waals surface area (Å²) >= 11 is 0. The molecule has 1 saturated carbocycles. The molecule has 3 rings (SSSR count). The van der Waals surface area contributed by atoms with E-state index >= 15 is 0 Å². The first-order valence-electron chi connectivity index (χ1n) is 9.51. The lowest BCUT2D eigenvalue weighted by atomic mass is 10.0. The van der Waals surface area contributed by atoms with Crippen LogP contribution in [0.4, 0.5) is 18.9 Å². The normalized spacial score (nSPS) is 16.1. The monoisotopic (exact) mass is 407 g/mol. The Balaban J connectivity index is 0.000000278. The molecule has 0 aromatic heterocycles. The second kappa shape index (κ2) is 10.1. The van der Waals surface area contributed by atoms with Crippen molar-refractivity contribution in [1.29, 1.82) is 0 Å². The van der Waals surface area contributed by atoms with Crippen LogP contribution in [0.1, 0.15) is 54.9 Å². The van der Waals surface area contributed by atoms with Gasteiger partial charge in [-0.3, -0.25) is 9.59 Å². The molecule has 0 heterocycles. The van der Waals surface area contributed by atoms with E-state index in [0.717, 1.165) is 44.2 Å². The number of nitrogens with one attached hydrogen (secondary N) is 1. The van der Waals surface area contributed by atoms with E-state index in [-0.39, 0.29) is 17.0 Å². The Morgan fingerprint density at radius 2 is 1.90 bits per heavy atom. The molecule has 1 fully saturated rings. The molecule has 1 aliphatic carbocycles. The number of halogens is 3. The van der Waals surface area contributed by atoms with Crippen LogP contribution in [-0.4, -0.2) is 16.8 Å².